The summed E-state index contributed by atoms with van der Waals surface area (Å²) in [5.41, 5.74) is 4.46. The monoisotopic (exact) mass is 470 g/mol. The number of nitrogens with one attached hydrogen (secondary N) is 2. The standard InChI is InChI=1S/C25H30N2O5S/c1-15(2)22(23(28)26-21(24(29)30)12-13-33-3)27-25(31)32-14-20-18-10-6-4-8-16(18)17-9-5-7-11-19(17)20/h4-11,15,20-22H,12-14H2,1-3H3,(H,26,28)(H,27,31)(H,29,30)/t21-,22-/m1/s1. The van der Waals surface area contributed by atoms with Crippen LogP contribution in [0.4, 0.5) is 4.79 Å². The third-order valence-corrected chi connectivity index (χ3v) is 6.44. The maximum atomic E-state index is 12.7. The summed E-state index contributed by atoms with van der Waals surface area (Å²) in [6, 6.07) is 14.2. The number of benzene rings is 2. The van der Waals surface area contributed by atoms with Crippen LogP contribution >= 0.6 is 11.8 Å². The Hall–Kier alpha value is -3.00. The molecule has 3 N–H and O–H groups in total. The van der Waals surface area contributed by atoms with Crippen molar-refractivity contribution in [2.24, 2.45) is 5.92 Å². The highest BCUT2D eigenvalue weighted by Crippen LogP contribution is 2.44. The van der Waals surface area contributed by atoms with E-state index in [1.165, 1.54) is 11.8 Å². The highest BCUT2D eigenvalue weighted by atomic mass is 32.2. The molecule has 2 atom stereocenters. The van der Waals surface area contributed by atoms with Crippen LogP contribution in [0.15, 0.2) is 48.5 Å². The normalized spacial score (nSPS) is 14.2. The van der Waals surface area contributed by atoms with Crippen LogP contribution in [0.1, 0.15) is 37.3 Å². The Morgan fingerprint density at radius 2 is 1.58 bits per heavy atom. The van der Waals surface area contributed by atoms with Crippen molar-refractivity contribution < 1.29 is 24.2 Å². The molecule has 0 saturated heterocycles. The van der Waals surface area contributed by atoms with Crippen LogP contribution in [0.3, 0.4) is 0 Å². The van der Waals surface area contributed by atoms with Gasteiger partial charge >= 0.3 is 12.1 Å². The molecule has 1 aliphatic rings. The summed E-state index contributed by atoms with van der Waals surface area (Å²) in [6.45, 7) is 3.70. The van der Waals surface area contributed by atoms with E-state index in [-0.39, 0.29) is 18.4 Å². The number of hydrogen-bond donors (Lipinski definition) is 3. The van der Waals surface area contributed by atoms with Gasteiger partial charge in [0.05, 0.1) is 0 Å². The topological polar surface area (TPSA) is 105 Å². The van der Waals surface area contributed by atoms with Crippen molar-refractivity contribution in [1.29, 1.82) is 0 Å². The number of fused-ring (bicyclic) bond motifs is 3. The van der Waals surface area contributed by atoms with Gasteiger partial charge < -0.3 is 20.5 Å². The number of thioether (sulfide) groups is 1. The van der Waals surface area contributed by atoms with Gasteiger partial charge in [-0.25, -0.2) is 9.59 Å². The zero-order chi connectivity index (χ0) is 24.0. The second-order valence-corrected chi connectivity index (χ2v) is 9.36. The number of aliphatic carboxylic acids is 1. The smallest absolute Gasteiger partial charge is 0.407 e. The van der Waals surface area contributed by atoms with Gasteiger partial charge in [0, 0.05) is 5.92 Å². The first-order valence-electron chi connectivity index (χ1n) is 11.0. The largest absolute Gasteiger partial charge is 0.480 e. The minimum absolute atomic E-state index is 0.0857. The number of hydrogen-bond acceptors (Lipinski definition) is 5. The molecule has 8 heteroatoms. The molecule has 3 rings (SSSR count). The second-order valence-electron chi connectivity index (χ2n) is 8.37. The Morgan fingerprint density at radius 3 is 2.09 bits per heavy atom. The second kappa shape index (κ2) is 11.2. The lowest BCUT2D eigenvalue weighted by Crippen LogP contribution is -2.54. The summed E-state index contributed by atoms with van der Waals surface area (Å²) in [7, 11) is 0. The van der Waals surface area contributed by atoms with Gasteiger partial charge in [-0.2, -0.15) is 11.8 Å². The van der Waals surface area contributed by atoms with Crippen LogP contribution in [-0.2, 0) is 14.3 Å². The molecule has 2 amide bonds. The molecule has 0 fully saturated rings. The summed E-state index contributed by atoms with van der Waals surface area (Å²) in [6.07, 6.45) is 1.47. The average Bonchev–Trinajstić information content (AvgIpc) is 3.12. The maximum Gasteiger partial charge on any atom is 0.407 e. The van der Waals surface area contributed by atoms with Gasteiger partial charge in [-0.1, -0.05) is 62.4 Å². The number of rotatable bonds is 10. The summed E-state index contributed by atoms with van der Waals surface area (Å²) in [5.74, 6) is -1.37. The van der Waals surface area contributed by atoms with E-state index in [2.05, 4.69) is 22.8 Å². The quantitative estimate of drug-likeness (QED) is 0.487. The summed E-state index contributed by atoms with van der Waals surface area (Å²) in [4.78, 5) is 36.8. The van der Waals surface area contributed by atoms with Gasteiger partial charge in [0.25, 0.3) is 0 Å². The molecular weight excluding hydrogens is 440 g/mol. The molecule has 0 aliphatic heterocycles. The van der Waals surface area contributed by atoms with Crippen LogP contribution in [0.5, 0.6) is 0 Å². The molecule has 0 spiro atoms. The molecular formula is C25H30N2O5S. The van der Waals surface area contributed by atoms with Gasteiger partial charge in [0.15, 0.2) is 0 Å². The molecule has 1 aliphatic carbocycles. The van der Waals surface area contributed by atoms with Gasteiger partial charge in [-0.15, -0.1) is 0 Å². The molecule has 176 valence electrons. The summed E-state index contributed by atoms with van der Waals surface area (Å²) < 4.78 is 5.54. The first-order chi connectivity index (χ1) is 15.8. The third-order valence-electron chi connectivity index (χ3n) is 5.79. The van der Waals surface area contributed by atoms with Gasteiger partial charge in [0.1, 0.15) is 18.7 Å². The highest BCUT2D eigenvalue weighted by Gasteiger charge is 2.31. The van der Waals surface area contributed by atoms with Crippen molar-refractivity contribution in [1.82, 2.24) is 10.6 Å². The van der Waals surface area contributed by atoms with E-state index < -0.39 is 30.1 Å². The molecule has 0 heterocycles. The molecule has 2 aromatic carbocycles. The fraction of sp³-hybridized carbons (Fsp3) is 0.400. The van der Waals surface area contributed by atoms with Crippen LogP contribution < -0.4 is 10.6 Å². The van der Waals surface area contributed by atoms with E-state index in [0.29, 0.717) is 12.2 Å². The van der Waals surface area contributed by atoms with Crippen LogP contribution in [-0.4, -0.2) is 53.8 Å². The molecule has 0 aromatic heterocycles. The Morgan fingerprint density at radius 1 is 1.00 bits per heavy atom. The van der Waals surface area contributed by atoms with Gasteiger partial charge in [-0.3, -0.25) is 4.79 Å². The first-order valence-corrected chi connectivity index (χ1v) is 12.4. The Balaban J connectivity index is 1.64. The zero-order valence-electron chi connectivity index (χ0n) is 19.0. The molecule has 33 heavy (non-hydrogen) atoms. The van der Waals surface area contributed by atoms with Crippen molar-refractivity contribution in [2.75, 3.05) is 18.6 Å². The zero-order valence-corrected chi connectivity index (χ0v) is 19.9. The van der Waals surface area contributed by atoms with E-state index >= 15 is 0 Å². The predicted molar refractivity (Wildman–Crippen MR) is 129 cm³/mol. The first kappa shape index (κ1) is 24.6. The SMILES string of the molecule is CSCC[C@@H](NC(=O)[C@H](NC(=O)OCC1c2ccccc2-c2ccccc21)C(C)C)C(=O)O. The molecule has 7 nitrogen and oxygen atoms in total. The molecule has 2 aromatic rings. The lowest BCUT2D eigenvalue weighted by Gasteiger charge is -2.24. The highest BCUT2D eigenvalue weighted by molar-refractivity contribution is 7.98. The number of alkyl carbamates (subject to hydrolysis) is 1. The van der Waals surface area contributed by atoms with Crippen molar-refractivity contribution in [3.63, 3.8) is 0 Å². The Labute approximate surface area is 198 Å². The Bertz CT molecular complexity index is 964. The van der Waals surface area contributed by atoms with Gasteiger partial charge in [-0.05, 0) is 46.6 Å². The minimum atomic E-state index is -1.10. The van der Waals surface area contributed by atoms with E-state index in [1.807, 2.05) is 42.7 Å². The molecule has 0 radical (unpaired) electrons. The summed E-state index contributed by atoms with van der Waals surface area (Å²) >= 11 is 1.50. The molecule has 0 bridgehead atoms. The van der Waals surface area contributed by atoms with E-state index in [0.717, 1.165) is 22.3 Å². The number of carboxylic acids is 1. The van der Waals surface area contributed by atoms with Crippen molar-refractivity contribution in [2.45, 2.75) is 38.3 Å². The number of carbonyl (C=O) groups excluding carboxylic acids is 2. The lowest BCUT2D eigenvalue weighted by molar-refractivity contribution is -0.142. The summed E-state index contributed by atoms with van der Waals surface area (Å²) in [5, 5.41) is 14.5. The van der Waals surface area contributed by atoms with E-state index in [1.54, 1.807) is 13.8 Å². The maximum absolute atomic E-state index is 12.7. The van der Waals surface area contributed by atoms with E-state index in [4.69, 9.17) is 4.74 Å². The minimum Gasteiger partial charge on any atom is -0.480 e. The van der Waals surface area contributed by atoms with Crippen LogP contribution in [0, 0.1) is 5.92 Å². The number of carbonyl (C=O) groups is 3. The fourth-order valence-electron chi connectivity index (χ4n) is 4.06. The van der Waals surface area contributed by atoms with E-state index in [9.17, 15) is 19.5 Å². The van der Waals surface area contributed by atoms with Crippen molar-refractivity contribution >= 4 is 29.7 Å². The van der Waals surface area contributed by atoms with Crippen molar-refractivity contribution in [3.8, 4) is 11.1 Å². The van der Waals surface area contributed by atoms with Crippen LogP contribution in [0.2, 0.25) is 0 Å². The van der Waals surface area contributed by atoms with Gasteiger partial charge in [0.2, 0.25) is 5.91 Å². The predicted octanol–water partition coefficient (Wildman–Crippen LogP) is 3.87. The number of ether oxygens (including phenoxy) is 1. The number of carboxylic acid groups (broad SMARTS) is 1. The van der Waals surface area contributed by atoms with Crippen molar-refractivity contribution in [3.05, 3.63) is 59.7 Å². The Kier molecular flexibility index (Phi) is 8.38. The number of amides is 2. The van der Waals surface area contributed by atoms with Crippen LogP contribution in [0.25, 0.3) is 11.1 Å². The molecule has 0 saturated carbocycles. The third kappa shape index (κ3) is 5.87. The lowest BCUT2D eigenvalue weighted by atomic mass is 9.98. The molecule has 0 unspecified atom stereocenters. The average molecular weight is 471 g/mol. The fourth-order valence-corrected chi connectivity index (χ4v) is 4.53.